The average Bonchev–Trinajstić information content (AvgIpc) is 3.06. The van der Waals surface area contributed by atoms with Crippen molar-refractivity contribution < 1.29 is 23.6 Å². The molecule has 1 saturated heterocycles. The van der Waals surface area contributed by atoms with Crippen molar-refractivity contribution in [2.24, 2.45) is 11.8 Å². The van der Waals surface area contributed by atoms with E-state index in [0.717, 1.165) is 6.42 Å². The summed E-state index contributed by atoms with van der Waals surface area (Å²) >= 11 is 0. The maximum Gasteiger partial charge on any atom is 0.242 e. The molecule has 1 fully saturated rings. The average molecular weight is 458 g/mol. The number of carbonyl (C=O) groups excluding carboxylic acids is 4. The largest absolute Gasteiger partial charge is 0.352 e. The molecule has 2 unspecified atom stereocenters. The molecule has 1 aromatic rings. The van der Waals surface area contributed by atoms with Gasteiger partial charge in [-0.3, -0.25) is 24.1 Å². The van der Waals surface area contributed by atoms with E-state index in [2.05, 4.69) is 5.32 Å². The second kappa shape index (κ2) is 10.7. The molecule has 0 bridgehead atoms. The van der Waals surface area contributed by atoms with E-state index < -0.39 is 17.8 Å². The maximum atomic E-state index is 14.3. The second-order valence-corrected chi connectivity index (χ2v) is 8.84. The molecule has 4 amide bonds. The van der Waals surface area contributed by atoms with Gasteiger partial charge in [-0.1, -0.05) is 37.3 Å². The zero-order chi connectivity index (χ0) is 24.1. The molecule has 1 N–H and O–H groups in total. The number of fused-ring (bicyclic) bond motifs is 1. The summed E-state index contributed by atoms with van der Waals surface area (Å²) in [5.41, 5.74) is 0.291. The van der Waals surface area contributed by atoms with E-state index in [1.54, 1.807) is 25.1 Å². The Morgan fingerprint density at radius 2 is 1.73 bits per heavy atom. The lowest BCUT2D eigenvalue weighted by atomic mass is 9.85. The molecule has 0 radical (unpaired) electrons. The first kappa shape index (κ1) is 24.6. The molecule has 8 heteroatoms. The molecule has 1 heterocycles. The highest BCUT2D eigenvalue weighted by molar-refractivity contribution is 6.05. The summed E-state index contributed by atoms with van der Waals surface area (Å²) in [4.78, 5) is 53.8. The van der Waals surface area contributed by atoms with Gasteiger partial charge in [-0.05, 0) is 39.2 Å². The van der Waals surface area contributed by atoms with E-state index in [0.29, 0.717) is 18.4 Å². The number of likely N-dealkylation sites (tertiary alicyclic amines) is 1. The van der Waals surface area contributed by atoms with Crippen molar-refractivity contribution in [3.8, 4) is 0 Å². The smallest absolute Gasteiger partial charge is 0.242 e. The van der Waals surface area contributed by atoms with Crippen LogP contribution >= 0.6 is 0 Å². The van der Waals surface area contributed by atoms with Gasteiger partial charge < -0.3 is 10.2 Å². The fourth-order valence-electron chi connectivity index (χ4n) is 4.30. The highest BCUT2D eigenvalue weighted by Crippen LogP contribution is 2.35. The molecule has 0 spiro atoms. The minimum atomic E-state index is -0.845. The predicted molar refractivity (Wildman–Crippen MR) is 121 cm³/mol. The zero-order valence-corrected chi connectivity index (χ0v) is 19.4. The Kier molecular flexibility index (Phi) is 8.00. The van der Waals surface area contributed by atoms with Crippen LogP contribution in [0.5, 0.6) is 0 Å². The Hall–Kier alpha value is -3.03. The van der Waals surface area contributed by atoms with Crippen LogP contribution in [0.25, 0.3) is 0 Å². The number of allylic oxidation sites excluding steroid dienone is 2. The Labute approximate surface area is 194 Å². The van der Waals surface area contributed by atoms with Gasteiger partial charge >= 0.3 is 0 Å². The molecule has 7 nitrogen and oxygen atoms in total. The van der Waals surface area contributed by atoms with Crippen LogP contribution in [-0.2, 0) is 25.7 Å². The minimum Gasteiger partial charge on any atom is -0.352 e. The normalized spacial score (nSPS) is 21.5. The lowest BCUT2D eigenvalue weighted by molar-refractivity contribution is -0.144. The molecule has 1 aliphatic heterocycles. The van der Waals surface area contributed by atoms with Crippen molar-refractivity contribution in [1.82, 2.24) is 15.1 Å². The molecular formula is C25H32FN3O4. The summed E-state index contributed by atoms with van der Waals surface area (Å²) < 4.78 is 14.3. The third-order valence-corrected chi connectivity index (χ3v) is 6.61. The fraction of sp³-hybridized carbons (Fsp3) is 0.520. The molecule has 2 aliphatic rings. The molecule has 3 rings (SSSR count). The topological polar surface area (TPSA) is 86.8 Å². The summed E-state index contributed by atoms with van der Waals surface area (Å²) in [6.07, 6.45) is 5.50. The number of nitrogens with one attached hydrogen (secondary N) is 1. The number of halogens is 1. The highest BCUT2D eigenvalue weighted by atomic mass is 19.1. The minimum absolute atomic E-state index is 0.0447. The zero-order valence-electron chi connectivity index (χ0n) is 19.4. The monoisotopic (exact) mass is 457 g/mol. The first-order valence-electron chi connectivity index (χ1n) is 11.6. The molecule has 0 saturated carbocycles. The summed E-state index contributed by atoms with van der Waals surface area (Å²) in [5, 5.41) is 2.86. The van der Waals surface area contributed by atoms with Crippen LogP contribution in [0.3, 0.4) is 0 Å². The lowest BCUT2D eigenvalue weighted by Gasteiger charge is -2.30. The molecule has 1 aromatic carbocycles. The summed E-state index contributed by atoms with van der Waals surface area (Å²) in [6.45, 7) is 5.28. The van der Waals surface area contributed by atoms with Crippen molar-refractivity contribution in [2.75, 3.05) is 6.54 Å². The van der Waals surface area contributed by atoms with Crippen LogP contribution in [-0.4, -0.2) is 52.1 Å². The van der Waals surface area contributed by atoms with Crippen LogP contribution in [0.2, 0.25) is 0 Å². The van der Waals surface area contributed by atoms with Crippen LogP contribution in [0, 0.1) is 17.7 Å². The van der Waals surface area contributed by atoms with E-state index in [1.807, 2.05) is 26.0 Å². The SMILES string of the molecule is CCC(C)NC(=O)C(C)N(Cc1ccccc1F)C(=O)CCN1C(=O)[C@H]2CC=CC[C@H]2C1=O. The van der Waals surface area contributed by atoms with E-state index >= 15 is 0 Å². The molecule has 0 aromatic heterocycles. The quantitative estimate of drug-likeness (QED) is 0.456. The van der Waals surface area contributed by atoms with Gasteiger partial charge in [0, 0.05) is 31.1 Å². The van der Waals surface area contributed by atoms with Crippen molar-refractivity contribution >= 4 is 23.6 Å². The van der Waals surface area contributed by atoms with Crippen molar-refractivity contribution in [1.29, 1.82) is 0 Å². The van der Waals surface area contributed by atoms with Gasteiger partial charge in [0.25, 0.3) is 0 Å². The molecule has 4 atom stereocenters. The standard InChI is InChI=1S/C25H32FN3O4/c1-4-16(2)27-23(31)17(3)29(15-18-9-5-8-12-21(18)26)22(30)13-14-28-24(32)19-10-6-7-11-20(19)25(28)33/h5-9,12,16-17,19-20H,4,10-11,13-15H2,1-3H3,(H,27,31)/t16?,17?,19-,20+. The third kappa shape index (κ3) is 5.49. The van der Waals surface area contributed by atoms with E-state index in [4.69, 9.17) is 0 Å². The summed E-state index contributed by atoms with van der Waals surface area (Å²) in [5.74, 6) is -2.42. The van der Waals surface area contributed by atoms with Crippen LogP contribution in [0.15, 0.2) is 36.4 Å². The number of imide groups is 1. The number of carbonyl (C=O) groups is 4. The van der Waals surface area contributed by atoms with Crippen LogP contribution < -0.4 is 5.32 Å². The van der Waals surface area contributed by atoms with E-state index in [-0.39, 0.29) is 55.1 Å². The van der Waals surface area contributed by atoms with Gasteiger partial charge in [0.1, 0.15) is 11.9 Å². The van der Waals surface area contributed by atoms with Crippen molar-refractivity contribution in [2.45, 2.75) is 65.1 Å². The number of benzene rings is 1. The number of hydrogen-bond acceptors (Lipinski definition) is 4. The number of rotatable bonds is 9. The van der Waals surface area contributed by atoms with Gasteiger partial charge in [-0.25, -0.2) is 4.39 Å². The Balaban J connectivity index is 1.73. The molecule has 178 valence electrons. The fourth-order valence-corrected chi connectivity index (χ4v) is 4.30. The first-order chi connectivity index (χ1) is 15.7. The van der Waals surface area contributed by atoms with Crippen LogP contribution in [0.4, 0.5) is 4.39 Å². The Morgan fingerprint density at radius 3 is 2.30 bits per heavy atom. The van der Waals surface area contributed by atoms with Crippen LogP contribution in [0.1, 0.15) is 52.0 Å². The van der Waals surface area contributed by atoms with Gasteiger partial charge in [0.15, 0.2) is 0 Å². The number of hydrogen-bond donors (Lipinski definition) is 1. The first-order valence-corrected chi connectivity index (χ1v) is 11.6. The molecule has 33 heavy (non-hydrogen) atoms. The third-order valence-electron chi connectivity index (χ3n) is 6.61. The van der Waals surface area contributed by atoms with E-state index in [9.17, 15) is 23.6 Å². The van der Waals surface area contributed by atoms with Crippen molar-refractivity contribution in [3.63, 3.8) is 0 Å². The molecular weight excluding hydrogens is 425 g/mol. The van der Waals surface area contributed by atoms with Gasteiger partial charge in [-0.15, -0.1) is 0 Å². The second-order valence-electron chi connectivity index (χ2n) is 8.84. The Morgan fingerprint density at radius 1 is 1.12 bits per heavy atom. The highest BCUT2D eigenvalue weighted by Gasteiger charge is 2.47. The van der Waals surface area contributed by atoms with Gasteiger partial charge in [-0.2, -0.15) is 0 Å². The van der Waals surface area contributed by atoms with E-state index in [1.165, 1.54) is 15.9 Å². The van der Waals surface area contributed by atoms with Gasteiger partial charge in [0.05, 0.1) is 11.8 Å². The Bertz CT molecular complexity index is 921. The lowest BCUT2D eigenvalue weighted by Crippen LogP contribution is -2.50. The number of nitrogens with zero attached hydrogens (tertiary/aromatic N) is 2. The summed E-state index contributed by atoms with van der Waals surface area (Å²) in [6, 6.07) is 5.19. The summed E-state index contributed by atoms with van der Waals surface area (Å²) in [7, 11) is 0. The predicted octanol–water partition coefficient (Wildman–Crippen LogP) is 2.80. The van der Waals surface area contributed by atoms with Gasteiger partial charge in [0.2, 0.25) is 23.6 Å². The maximum absolute atomic E-state index is 14.3. The molecule has 1 aliphatic carbocycles. The number of amides is 4. The van der Waals surface area contributed by atoms with Crippen molar-refractivity contribution in [3.05, 3.63) is 47.8 Å².